The molecule has 0 bridgehead atoms. The molecule has 0 radical (unpaired) electrons. The number of carbonyl (C=O) groups is 1. The zero-order valence-corrected chi connectivity index (χ0v) is 15.6. The van der Waals surface area contributed by atoms with Crippen LogP contribution in [-0.2, 0) is 14.8 Å². The summed E-state index contributed by atoms with van der Waals surface area (Å²) in [5.41, 5.74) is 0.705. The largest absolute Gasteiger partial charge is 0.497 e. The summed E-state index contributed by atoms with van der Waals surface area (Å²) in [5, 5.41) is 4.80. The van der Waals surface area contributed by atoms with E-state index in [0.717, 1.165) is 10.8 Å². The van der Waals surface area contributed by atoms with Gasteiger partial charge in [0, 0.05) is 24.0 Å². The number of carbonyl (C=O) groups excluding carboxylic acids is 1. The Morgan fingerprint density at radius 2 is 1.67 bits per heavy atom. The maximum Gasteiger partial charge on any atom is 0.240 e. The van der Waals surface area contributed by atoms with Crippen LogP contribution in [0.15, 0.2) is 71.6 Å². The molecule has 3 aromatic rings. The Morgan fingerprint density at radius 3 is 2.41 bits per heavy atom. The highest BCUT2D eigenvalue weighted by atomic mass is 32.2. The smallest absolute Gasteiger partial charge is 0.240 e. The summed E-state index contributed by atoms with van der Waals surface area (Å²) in [6, 6.07) is 19.4. The van der Waals surface area contributed by atoms with E-state index < -0.39 is 10.0 Å². The van der Waals surface area contributed by atoms with E-state index in [-0.39, 0.29) is 23.8 Å². The molecule has 0 aliphatic rings. The number of anilines is 1. The predicted molar refractivity (Wildman–Crippen MR) is 105 cm³/mol. The van der Waals surface area contributed by atoms with Gasteiger partial charge in [-0.05, 0) is 35.7 Å². The molecule has 3 rings (SSSR count). The van der Waals surface area contributed by atoms with Crippen molar-refractivity contribution in [3.05, 3.63) is 66.7 Å². The van der Waals surface area contributed by atoms with Crippen LogP contribution in [0.5, 0.6) is 5.75 Å². The first-order valence-corrected chi connectivity index (χ1v) is 9.89. The van der Waals surface area contributed by atoms with E-state index in [1.54, 1.807) is 12.1 Å². The number of sulfonamides is 1. The van der Waals surface area contributed by atoms with Crippen LogP contribution in [0.4, 0.5) is 5.69 Å². The van der Waals surface area contributed by atoms with Crippen LogP contribution in [0, 0.1) is 0 Å². The van der Waals surface area contributed by atoms with Gasteiger partial charge in [0.25, 0.3) is 0 Å². The molecule has 3 aromatic carbocycles. The molecule has 0 unspecified atom stereocenters. The Morgan fingerprint density at radius 1 is 0.963 bits per heavy atom. The van der Waals surface area contributed by atoms with Crippen LogP contribution >= 0.6 is 0 Å². The summed E-state index contributed by atoms with van der Waals surface area (Å²) in [6.45, 7) is 0.00492. The molecule has 0 aliphatic carbocycles. The van der Waals surface area contributed by atoms with E-state index >= 15 is 0 Å². The van der Waals surface area contributed by atoms with Crippen molar-refractivity contribution in [2.24, 2.45) is 0 Å². The van der Waals surface area contributed by atoms with E-state index in [4.69, 9.17) is 4.74 Å². The lowest BCUT2D eigenvalue weighted by atomic mass is 10.1. The number of fused-ring (bicyclic) bond motifs is 1. The molecule has 0 aliphatic heterocycles. The number of methoxy groups -OCH3 is 1. The second-order valence-corrected chi connectivity index (χ2v) is 7.67. The van der Waals surface area contributed by atoms with Gasteiger partial charge in [-0.3, -0.25) is 4.79 Å². The molecule has 140 valence electrons. The normalized spacial score (nSPS) is 11.3. The fourth-order valence-electron chi connectivity index (χ4n) is 2.68. The van der Waals surface area contributed by atoms with Gasteiger partial charge >= 0.3 is 0 Å². The highest BCUT2D eigenvalue weighted by Gasteiger charge is 2.14. The van der Waals surface area contributed by atoms with Crippen molar-refractivity contribution in [2.45, 2.75) is 11.3 Å². The van der Waals surface area contributed by atoms with Crippen LogP contribution in [0.1, 0.15) is 6.42 Å². The van der Waals surface area contributed by atoms with Gasteiger partial charge in [0.2, 0.25) is 15.9 Å². The second-order valence-electron chi connectivity index (χ2n) is 5.90. The van der Waals surface area contributed by atoms with E-state index in [2.05, 4.69) is 10.0 Å². The topological polar surface area (TPSA) is 84.5 Å². The van der Waals surface area contributed by atoms with Crippen LogP contribution in [0.2, 0.25) is 0 Å². The summed E-state index contributed by atoms with van der Waals surface area (Å²) in [6.07, 6.45) is 0.0264. The number of hydrogen-bond acceptors (Lipinski definition) is 4. The van der Waals surface area contributed by atoms with E-state index in [1.165, 1.54) is 19.2 Å². The SMILES string of the molecule is COc1ccc(S(=O)(=O)NCCC(=O)Nc2cccc3ccccc23)cc1. The first-order valence-electron chi connectivity index (χ1n) is 8.41. The van der Waals surface area contributed by atoms with Crippen LogP contribution < -0.4 is 14.8 Å². The van der Waals surface area contributed by atoms with Crippen molar-refractivity contribution in [3.8, 4) is 5.75 Å². The van der Waals surface area contributed by atoms with Crippen molar-refractivity contribution in [3.63, 3.8) is 0 Å². The highest BCUT2D eigenvalue weighted by molar-refractivity contribution is 7.89. The minimum Gasteiger partial charge on any atom is -0.497 e. The lowest BCUT2D eigenvalue weighted by molar-refractivity contribution is -0.116. The van der Waals surface area contributed by atoms with Crippen molar-refractivity contribution >= 4 is 32.4 Å². The van der Waals surface area contributed by atoms with E-state index in [1.807, 2.05) is 42.5 Å². The average molecular weight is 384 g/mol. The van der Waals surface area contributed by atoms with Crippen LogP contribution in [0.3, 0.4) is 0 Å². The molecule has 7 heteroatoms. The van der Waals surface area contributed by atoms with Gasteiger partial charge in [-0.25, -0.2) is 13.1 Å². The van der Waals surface area contributed by atoms with Gasteiger partial charge < -0.3 is 10.1 Å². The highest BCUT2D eigenvalue weighted by Crippen LogP contribution is 2.23. The number of hydrogen-bond donors (Lipinski definition) is 2. The van der Waals surface area contributed by atoms with Crippen LogP contribution in [0.25, 0.3) is 10.8 Å². The minimum absolute atomic E-state index is 0.00492. The Labute approximate surface area is 158 Å². The van der Waals surface area contributed by atoms with Crippen molar-refractivity contribution in [2.75, 3.05) is 19.0 Å². The fourth-order valence-corrected chi connectivity index (χ4v) is 3.72. The molecule has 2 N–H and O–H groups in total. The number of nitrogens with one attached hydrogen (secondary N) is 2. The fraction of sp³-hybridized carbons (Fsp3) is 0.150. The molecular weight excluding hydrogens is 364 g/mol. The molecule has 27 heavy (non-hydrogen) atoms. The van der Waals surface area contributed by atoms with Gasteiger partial charge in [0.05, 0.1) is 12.0 Å². The van der Waals surface area contributed by atoms with Crippen LogP contribution in [-0.4, -0.2) is 28.0 Å². The molecule has 0 aromatic heterocycles. The van der Waals surface area contributed by atoms with Gasteiger partial charge in [-0.1, -0.05) is 36.4 Å². The van der Waals surface area contributed by atoms with Crippen molar-refractivity contribution in [1.29, 1.82) is 0 Å². The maximum absolute atomic E-state index is 12.3. The van der Waals surface area contributed by atoms with Gasteiger partial charge in [0.15, 0.2) is 0 Å². The quantitative estimate of drug-likeness (QED) is 0.655. The number of ether oxygens (including phenoxy) is 1. The number of benzene rings is 3. The zero-order chi connectivity index (χ0) is 19.3. The standard InChI is InChI=1S/C20H20N2O4S/c1-26-16-9-11-17(12-10-16)27(24,25)21-14-13-20(23)22-19-8-4-6-15-5-2-3-7-18(15)19/h2-12,21H,13-14H2,1H3,(H,22,23). The molecule has 6 nitrogen and oxygen atoms in total. The van der Waals surface area contributed by atoms with Gasteiger partial charge in [0.1, 0.15) is 5.75 Å². The lowest BCUT2D eigenvalue weighted by Gasteiger charge is -2.10. The molecule has 0 spiro atoms. The summed E-state index contributed by atoms with van der Waals surface area (Å²) in [7, 11) is -2.16. The van der Waals surface area contributed by atoms with Gasteiger partial charge in [-0.15, -0.1) is 0 Å². The second kappa shape index (κ2) is 8.20. The number of rotatable bonds is 7. The Bertz CT molecular complexity index is 1040. The molecule has 0 fully saturated rings. The first-order chi connectivity index (χ1) is 13.0. The summed E-state index contributed by atoms with van der Waals surface area (Å²) >= 11 is 0. The van der Waals surface area contributed by atoms with E-state index in [9.17, 15) is 13.2 Å². The third-order valence-electron chi connectivity index (χ3n) is 4.08. The first kappa shape index (κ1) is 18.9. The maximum atomic E-state index is 12.3. The predicted octanol–water partition coefficient (Wildman–Crippen LogP) is 3.16. The molecule has 1 amide bonds. The third-order valence-corrected chi connectivity index (χ3v) is 5.55. The third kappa shape index (κ3) is 4.64. The monoisotopic (exact) mass is 384 g/mol. The molecular formula is C20H20N2O4S. The Kier molecular flexibility index (Phi) is 5.73. The van der Waals surface area contributed by atoms with Crippen molar-refractivity contribution in [1.82, 2.24) is 4.72 Å². The van der Waals surface area contributed by atoms with E-state index in [0.29, 0.717) is 11.4 Å². The zero-order valence-electron chi connectivity index (χ0n) is 14.8. The molecule has 0 atom stereocenters. The Hall–Kier alpha value is -2.90. The number of amides is 1. The van der Waals surface area contributed by atoms with Gasteiger partial charge in [-0.2, -0.15) is 0 Å². The summed E-state index contributed by atoms with van der Waals surface area (Å²) in [5.74, 6) is 0.312. The average Bonchev–Trinajstić information content (AvgIpc) is 2.68. The summed E-state index contributed by atoms with van der Waals surface area (Å²) in [4.78, 5) is 12.3. The lowest BCUT2D eigenvalue weighted by Crippen LogP contribution is -2.27. The molecule has 0 saturated carbocycles. The molecule has 0 saturated heterocycles. The van der Waals surface area contributed by atoms with Crippen molar-refractivity contribution < 1.29 is 17.9 Å². The molecule has 0 heterocycles. The Balaban J connectivity index is 1.58. The summed E-state index contributed by atoms with van der Waals surface area (Å²) < 4.78 is 32.0. The minimum atomic E-state index is -3.67.